The fraction of sp³-hybridized carbons (Fsp3) is 0.562. The lowest BCUT2D eigenvalue weighted by Gasteiger charge is -2.11. The molecule has 5 heteroatoms. The van der Waals surface area contributed by atoms with Crippen molar-refractivity contribution in [1.82, 2.24) is 5.32 Å². The Morgan fingerprint density at radius 2 is 2.00 bits per heavy atom. The van der Waals surface area contributed by atoms with Gasteiger partial charge < -0.3 is 20.1 Å². The highest BCUT2D eigenvalue weighted by Gasteiger charge is 2.18. The molecule has 1 aromatic carbocycles. The average Bonchev–Trinajstić information content (AvgIpc) is 3.19. The van der Waals surface area contributed by atoms with Gasteiger partial charge in [0.15, 0.2) is 6.29 Å². The van der Waals surface area contributed by atoms with Gasteiger partial charge in [-0.05, 0) is 44.0 Å². The Labute approximate surface area is 125 Å². The predicted molar refractivity (Wildman–Crippen MR) is 79.9 cm³/mol. The molecule has 0 spiro atoms. The Balaban J connectivity index is 1.46. The van der Waals surface area contributed by atoms with Crippen LogP contribution in [0.5, 0.6) is 0 Å². The van der Waals surface area contributed by atoms with Gasteiger partial charge >= 0.3 is 0 Å². The van der Waals surface area contributed by atoms with Crippen LogP contribution >= 0.6 is 0 Å². The lowest BCUT2D eigenvalue weighted by molar-refractivity contribution is -0.116. The predicted octanol–water partition coefficient (Wildman–Crippen LogP) is 2.06. The van der Waals surface area contributed by atoms with Crippen LogP contribution in [0.2, 0.25) is 0 Å². The lowest BCUT2D eigenvalue weighted by Crippen LogP contribution is -2.15. The Morgan fingerprint density at radius 3 is 2.67 bits per heavy atom. The number of amides is 1. The molecule has 114 valence electrons. The van der Waals surface area contributed by atoms with Crippen molar-refractivity contribution in [2.75, 3.05) is 31.6 Å². The minimum Gasteiger partial charge on any atom is -0.346 e. The van der Waals surface area contributed by atoms with Crippen LogP contribution in [0.4, 0.5) is 5.69 Å². The van der Waals surface area contributed by atoms with Gasteiger partial charge in [-0.25, -0.2) is 0 Å². The number of nitrogens with one attached hydrogen (secondary N) is 2. The number of benzene rings is 1. The quantitative estimate of drug-likeness (QED) is 0.871. The van der Waals surface area contributed by atoms with Gasteiger partial charge in [0, 0.05) is 17.7 Å². The van der Waals surface area contributed by atoms with E-state index in [1.807, 2.05) is 24.3 Å². The fourth-order valence-electron chi connectivity index (χ4n) is 2.79. The van der Waals surface area contributed by atoms with E-state index >= 15 is 0 Å². The van der Waals surface area contributed by atoms with Gasteiger partial charge in [-0.2, -0.15) is 0 Å². The van der Waals surface area contributed by atoms with E-state index in [1.54, 1.807) is 0 Å². The SMILES string of the molecule is O=C(CCC1CCNC1)Nc1ccc(C2OCCO2)cc1. The van der Waals surface area contributed by atoms with Crippen molar-refractivity contribution in [2.24, 2.45) is 5.92 Å². The monoisotopic (exact) mass is 290 g/mol. The first-order valence-corrected chi connectivity index (χ1v) is 7.65. The summed E-state index contributed by atoms with van der Waals surface area (Å²) in [6, 6.07) is 7.67. The average molecular weight is 290 g/mol. The van der Waals surface area contributed by atoms with Gasteiger partial charge in [-0.15, -0.1) is 0 Å². The van der Waals surface area contributed by atoms with Crippen molar-refractivity contribution in [3.63, 3.8) is 0 Å². The minimum atomic E-state index is -0.260. The summed E-state index contributed by atoms with van der Waals surface area (Å²) in [5.74, 6) is 0.734. The number of rotatable bonds is 5. The highest BCUT2D eigenvalue weighted by molar-refractivity contribution is 5.90. The molecule has 2 heterocycles. The highest BCUT2D eigenvalue weighted by atomic mass is 16.7. The van der Waals surface area contributed by atoms with E-state index in [4.69, 9.17) is 9.47 Å². The van der Waals surface area contributed by atoms with Crippen LogP contribution in [0.15, 0.2) is 24.3 Å². The molecule has 2 saturated heterocycles. The maximum Gasteiger partial charge on any atom is 0.224 e. The molecule has 1 aromatic rings. The largest absolute Gasteiger partial charge is 0.346 e. The Morgan fingerprint density at radius 1 is 1.24 bits per heavy atom. The molecule has 0 aromatic heterocycles. The second-order valence-corrected chi connectivity index (χ2v) is 5.64. The summed E-state index contributed by atoms with van der Waals surface area (Å²) < 4.78 is 10.9. The number of ether oxygens (including phenoxy) is 2. The second kappa shape index (κ2) is 7.02. The number of carbonyl (C=O) groups is 1. The summed E-state index contributed by atoms with van der Waals surface area (Å²) in [4.78, 5) is 11.9. The van der Waals surface area contributed by atoms with Crippen molar-refractivity contribution in [3.8, 4) is 0 Å². The molecular weight excluding hydrogens is 268 g/mol. The van der Waals surface area contributed by atoms with Gasteiger partial charge in [0.2, 0.25) is 5.91 Å². The summed E-state index contributed by atoms with van der Waals surface area (Å²) in [6.07, 6.45) is 2.47. The maximum absolute atomic E-state index is 11.9. The topological polar surface area (TPSA) is 59.6 Å². The van der Waals surface area contributed by atoms with E-state index in [0.717, 1.165) is 30.8 Å². The molecule has 21 heavy (non-hydrogen) atoms. The van der Waals surface area contributed by atoms with Crippen molar-refractivity contribution in [3.05, 3.63) is 29.8 Å². The smallest absolute Gasteiger partial charge is 0.224 e. The van der Waals surface area contributed by atoms with Crippen molar-refractivity contribution >= 4 is 11.6 Å². The summed E-state index contributed by atoms with van der Waals surface area (Å²) >= 11 is 0. The Bertz CT molecular complexity index is 463. The fourth-order valence-corrected chi connectivity index (χ4v) is 2.79. The first-order chi connectivity index (χ1) is 10.3. The van der Waals surface area contributed by atoms with Gasteiger partial charge in [0.05, 0.1) is 13.2 Å². The zero-order valence-corrected chi connectivity index (χ0v) is 12.1. The molecule has 0 aliphatic carbocycles. The summed E-state index contributed by atoms with van der Waals surface area (Å²) in [6.45, 7) is 3.40. The molecule has 2 aliphatic rings. The highest BCUT2D eigenvalue weighted by Crippen LogP contribution is 2.24. The molecule has 3 rings (SSSR count). The molecule has 2 N–H and O–H groups in total. The zero-order chi connectivity index (χ0) is 14.5. The van der Waals surface area contributed by atoms with Crippen molar-refractivity contribution in [1.29, 1.82) is 0 Å². The van der Waals surface area contributed by atoms with Gasteiger partial charge in [0.25, 0.3) is 0 Å². The van der Waals surface area contributed by atoms with Crippen molar-refractivity contribution in [2.45, 2.75) is 25.6 Å². The Kier molecular flexibility index (Phi) is 4.85. The maximum atomic E-state index is 11.9. The van der Waals surface area contributed by atoms with Crippen LogP contribution < -0.4 is 10.6 Å². The number of carbonyl (C=O) groups excluding carboxylic acids is 1. The van der Waals surface area contributed by atoms with Crippen LogP contribution in [0.1, 0.15) is 31.1 Å². The second-order valence-electron chi connectivity index (χ2n) is 5.64. The molecule has 2 aliphatic heterocycles. The van der Waals surface area contributed by atoms with E-state index in [-0.39, 0.29) is 12.2 Å². The first kappa shape index (κ1) is 14.5. The van der Waals surface area contributed by atoms with E-state index in [0.29, 0.717) is 25.6 Å². The number of anilines is 1. The van der Waals surface area contributed by atoms with Gasteiger partial charge in [0.1, 0.15) is 0 Å². The van der Waals surface area contributed by atoms with E-state index in [2.05, 4.69) is 10.6 Å². The van der Waals surface area contributed by atoms with Gasteiger partial charge in [-0.3, -0.25) is 4.79 Å². The molecule has 1 atom stereocenters. The minimum absolute atomic E-state index is 0.0861. The molecule has 1 unspecified atom stereocenters. The Hall–Kier alpha value is -1.43. The molecule has 0 radical (unpaired) electrons. The van der Waals surface area contributed by atoms with Crippen LogP contribution in [-0.4, -0.2) is 32.2 Å². The molecule has 0 saturated carbocycles. The van der Waals surface area contributed by atoms with Crippen molar-refractivity contribution < 1.29 is 14.3 Å². The first-order valence-electron chi connectivity index (χ1n) is 7.65. The van der Waals surface area contributed by atoms with Crippen LogP contribution in [0, 0.1) is 5.92 Å². The van der Waals surface area contributed by atoms with E-state index < -0.39 is 0 Å². The summed E-state index contributed by atoms with van der Waals surface area (Å²) in [5, 5.41) is 6.27. The third-order valence-corrected chi connectivity index (χ3v) is 4.03. The number of hydrogen-bond donors (Lipinski definition) is 2. The standard InChI is InChI=1S/C16H22N2O3/c19-15(6-1-12-7-8-17-11-12)18-14-4-2-13(3-5-14)16-20-9-10-21-16/h2-5,12,16-17H,1,6-11H2,(H,18,19). The summed E-state index contributed by atoms with van der Waals surface area (Å²) in [7, 11) is 0. The molecular formula is C16H22N2O3. The third-order valence-electron chi connectivity index (χ3n) is 4.03. The van der Waals surface area contributed by atoms with Gasteiger partial charge in [-0.1, -0.05) is 12.1 Å². The summed E-state index contributed by atoms with van der Waals surface area (Å²) in [5.41, 5.74) is 1.81. The normalized spacial score (nSPS) is 22.6. The van der Waals surface area contributed by atoms with E-state index in [1.165, 1.54) is 6.42 Å². The van der Waals surface area contributed by atoms with E-state index in [9.17, 15) is 4.79 Å². The molecule has 0 bridgehead atoms. The number of hydrogen-bond acceptors (Lipinski definition) is 4. The van der Waals surface area contributed by atoms with Crippen LogP contribution in [0.3, 0.4) is 0 Å². The molecule has 1 amide bonds. The lowest BCUT2D eigenvalue weighted by atomic mass is 10.0. The van der Waals surface area contributed by atoms with Crippen LogP contribution in [-0.2, 0) is 14.3 Å². The molecule has 5 nitrogen and oxygen atoms in total. The zero-order valence-electron chi connectivity index (χ0n) is 12.1. The van der Waals surface area contributed by atoms with Crippen LogP contribution in [0.25, 0.3) is 0 Å². The molecule has 2 fully saturated rings. The third kappa shape index (κ3) is 4.03.